The Balaban J connectivity index is 2.55. The Kier molecular flexibility index (Phi) is 3.94. The summed E-state index contributed by atoms with van der Waals surface area (Å²) in [6.45, 7) is 9.16. The van der Waals surface area contributed by atoms with Crippen molar-refractivity contribution in [3.05, 3.63) is 23.7 Å². The predicted molar refractivity (Wildman–Crippen MR) is 62.4 cm³/mol. The van der Waals surface area contributed by atoms with Crippen LogP contribution in [0.15, 0.2) is 16.7 Å². The van der Waals surface area contributed by atoms with Gasteiger partial charge in [0.05, 0.1) is 12.8 Å². The van der Waals surface area contributed by atoms with Crippen molar-refractivity contribution in [3.8, 4) is 0 Å². The summed E-state index contributed by atoms with van der Waals surface area (Å²) in [5.41, 5.74) is 7.10. The fraction of sp³-hybridized carbons (Fsp3) is 0.667. The largest absolute Gasteiger partial charge is 0.468 e. The van der Waals surface area contributed by atoms with Crippen molar-refractivity contribution in [2.24, 2.45) is 11.1 Å². The second-order valence-corrected chi connectivity index (χ2v) is 5.31. The molecule has 0 aliphatic heterocycles. The summed E-state index contributed by atoms with van der Waals surface area (Å²) < 4.78 is 5.29. The summed E-state index contributed by atoms with van der Waals surface area (Å²) in [7, 11) is 2.12. The molecule has 1 heterocycles. The Morgan fingerprint density at radius 3 is 2.60 bits per heavy atom. The topological polar surface area (TPSA) is 42.4 Å². The molecule has 0 saturated carbocycles. The number of hydrogen-bond acceptors (Lipinski definition) is 3. The second kappa shape index (κ2) is 4.81. The van der Waals surface area contributed by atoms with E-state index < -0.39 is 0 Å². The van der Waals surface area contributed by atoms with E-state index in [0.29, 0.717) is 12.0 Å². The predicted octanol–water partition coefficient (Wildman–Crippen LogP) is 2.22. The lowest BCUT2D eigenvalue weighted by atomic mass is 9.96. The van der Waals surface area contributed by atoms with Gasteiger partial charge in [-0.15, -0.1) is 0 Å². The van der Waals surface area contributed by atoms with E-state index in [2.05, 4.69) is 32.7 Å². The first-order valence-corrected chi connectivity index (χ1v) is 5.36. The van der Waals surface area contributed by atoms with Crippen LogP contribution in [0.1, 0.15) is 32.1 Å². The molecule has 0 fully saturated rings. The van der Waals surface area contributed by atoms with Gasteiger partial charge >= 0.3 is 0 Å². The zero-order valence-corrected chi connectivity index (χ0v) is 10.2. The molecule has 0 spiro atoms. The van der Waals surface area contributed by atoms with Gasteiger partial charge in [-0.3, -0.25) is 0 Å². The first-order chi connectivity index (χ1) is 6.92. The molecule has 1 aromatic heterocycles. The van der Waals surface area contributed by atoms with E-state index >= 15 is 0 Å². The van der Waals surface area contributed by atoms with Crippen molar-refractivity contribution in [1.29, 1.82) is 0 Å². The molecule has 0 aliphatic rings. The number of hydrogen-bond donors (Lipinski definition) is 1. The third-order valence-corrected chi connectivity index (χ3v) is 2.21. The first kappa shape index (κ1) is 12.3. The minimum Gasteiger partial charge on any atom is -0.468 e. The van der Waals surface area contributed by atoms with Gasteiger partial charge in [-0.2, -0.15) is 0 Å². The molecule has 0 radical (unpaired) electrons. The fourth-order valence-electron chi connectivity index (χ4n) is 1.84. The Bertz CT molecular complexity index is 299. The van der Waals surface area contributed by atoms with E-state index in [9.17, 15) is 0 Å². The molecule has 1 aromatic rings. The Hall–Kier alpha value is -0.800. The molecule has 3 nitrogen and oxygen atoms in total. The molecule has 15 heavy (non-hydrogen) atoms. The second-order valence-electron chi connectivity index (χ2n) is 5.31. The average Bonchev–Trinajstić information content (AvgIpc) is 2.48. The quantitative estimate of drug-likeness (QED) is 0.828. The number of nitrogens with two attached hydrogens (primary N) is 1. The van der Waals surface area contributed by atoms with Gasteiger partial charge in [-0.05, 0) is 18.5 Å². The molecule has 3 heteroatoms. The van der Waals surface area contributed by atoms with E-state index in [1.807, 2.05) is 6.07 Å². The lowest BCUT2D eigenvalue weighted by Crippen LogP contribution is -2.29. The standard InChI is InChI=1S/C12H22N2O/c1-12(2,3)9-14(4)8-10-5-6-15-11(10)7-13/h5-6H,7-9,13H2,1-4H3. The summed E-state index contributed by atoms with van der Waals surface area (Å²) in [5.74, 6) is 0.899. The lowest BCUT2D eigenvalue weighted by Gasteiger charge is -2.26. The summed E-state index contributed by atoms with van der Waals surface area (Å²) in [6, 6.07) is 2.00. The number of furan rings is 1. The molecule has 0 aliphatic carbocycles. The van der Waals surface area contributed by atoms with Crippen molar-refractivity contribution in [2.45, 2.75) is 33.9 Å². The molecule has 0 bridgehead atoms. The number of nitrogens with zero attached hydrogens (tertiary/aromatic N) is 1. The molecule has 0 saturated heterocycles. The zero-order chi connectivity index (χ0) is 11.5. The van der Waals surface area contributed by atoms with Crippen LogP contribution in [0.5, 0.6) is 0 Å². The Morgan fingerprint density at radius 1 is 1.40 bits per heavy atom. The normalized spacial score (nSPS) is 12.4. The van der Waals surface area contributed by atoms with Gasteiger partial charge in [-0.25, -0.2) is 0 Å². The zero-order valence-electron chi connectivity index (χ0n) is 10.2. The minimum absolute atomic E-state index is 0.321. The van der Waals surface area contributed by atoms with Gasteiger partial charge in [0.15, 0.2) is 0 Å². The van der Waals surface area contributed by atoms with Crippen molar-refractivity contribution in [1.82, 2.24) is 4.90 Å². The van der Waals surface area contributed by atoms with Gasteiger partial charge < -0.3 is 15.1 Å². The monoisotopic (exact) mass is 210 g/mol. The van der Waals surface area contributed by atoms with Crippen LogP contribution in [0, 0.1) is 5.41 Å². The molecular formula is C12H22N2O. The van der Waals surface area contributed by atoms with Crippen molar-refractivity contribution < 1.29 is 4.42 Å². The van der Waals surface area contributed by atoms with Gasteiger partial charge in [0.2, 0.25) is 0 Å². The number of rotatable bonds is 4. The first-order valence-electron chi connectivity index (χ1n) is 5.36. The fourth-order valence-corrected chi connectivity index (χ4v) is 1.84. The van der Waals surface area contributed by atoms with E-state index in [1.54, 1.807) is 6.26 Å². The smallest absolute Gasteiger partial charge is 0.121 e. The van der Waals surface area contributed by atoms with Crippen molar-refractivity contribution >= 4 is 0 Å². The van der Waals surface area contributed by atoms with Gasteiger partial charge in [0, 0.05) is 18.7 Å². The molecule has 1 rings (SSSR count). The molecule has 0 atom stereocenters. The molecule has 0 aromatic carbocycles. The summed E-state index contributed by atoms with van der Waals surface area (Å²) in [6.07, 6.45) is 1.71. The van der Waals surface area contributed by atoms with Crippen LogP contribution in [0.25, 0.3) is 0 Å². The van der Waals surface area contributed by atoms with Crippen molar-refractivity contribution in [2.75, 3.05) is 13.6 Å². The highest BCUT2D eigenvalue weighted by atomic mass is 16.3. The van der Waals surface area contributed by atoms with E-state index in [-0.39, 0.29) is 0 Å². The van der Waals surface area contributed by atoms with Gasteiger partial charge in [0.25, 0.3) is 0 Å². The van der Waals surface area contributed by atoms with E-state index in [0.717, 1.165) is 18.8 Å². The molecule has 86 valence electrons. The Morgan fingerprint density at radius 2 is 2.07 bits per heavy atom. The average molecular weight is 210 g/mol. The van der Waals surface area contributed by atoms with E-state index in [1.165, 1.54) is 5.56 Å². The lowest BCUT2D eigenvalue weighted by molar-refractivity contribution is 0.219. The van der Waals surface area contributed by atoms with Crippen LogP contribution in [-0.4, -0.2) is 18.5 Å². The van der Waals surface area contributed by atoms with Crippen LogP contribution in [0.2, 0.25) is 0 Å². The Labute approximate surface area is 92.2 Å². The maximum absolute atomic E-state index is 5.59. The van der Waals surface area contributed by atoms with Crippen LogP contribution in [0.3, 0.4) is 0 Å². The molecule has 0 unspecified atom stereocenters. The summed E-state index contributed by atoms with van der Waals surface area (Å²) >= 11 is 0. The molecular weight excluding hydrogens is 188 g/mol. The van der Waals surface area contributed by atoms with E-state index in [4.69, 9.17) is 10.2 Å². The minimum atomic E-state index is 0.321. The summed E-state index contributed by atoms with van der Waals surface area (Å²) in [4.78, 5) is 2.30. The van der Waals surface area contributed by atoms with Crippen LogP contribution < -0.4 is 5.73 Å². The third kappa shape index (κ3) is 4.06. The van der Waals surface area contributed by atoms with Gasteiger partial charge in [-0.1, -0.05) is 20.8 Å². The van der Waals surface area contributed by atoms with Crippen LogP contribution >= 0.6 is 0 Å². The molecule has 2 N–H and O–H groups in total. The van der Waals surface area contributed by atoms with Gasteiger partial charge in [0.1, 0.15) is 5.76 Å². The van der Waals surface area contributed by atoms with Crippen molar-refractivity contribution in [3.63, 3.8) is 0 Å². The van der Waals surface area contributed by atoms with Crippen LogP contribution in [0.4, 0.5) is 0 Å². The SMILES string of the molecule is CN(Cc1ccoc1CN)CC(C)(C)C. The highest BCUT2D eigenvalue weighted by Crippen LogP contribution is 2.17. The molecule has 0 amide bonds. The maximum atomic E-state index is 5.59. The summed E-state index contributed by atoms with van der Waals surface area (Å²) in [5, 5.41) is 0. The van der Waals surface area contributed by atoms with Crippen LogP contribution in [-0.2, 0) is 13.1 Å². The maximum Gasteiger partial charge on any atom is 0.121 e. The highest BCUT2D eigenvalue weighted by Gasteiger charge is 2.15. The highest BCUT2D eigenvalue weighted by molar-refractivity contribution is 5.16. The third-order valence-electron chi connectivity index (χ3n) is 2.21.